The molecule has 1 heterocycles. The van der Waals surface area contributed by atoms with E-state index in [4.69, 9.17) is 4.74 Å². The molecule has 0 saturated carbocycles. The third kappa shape index (κ3) is 7.56. The van der Waals surface area contributed by atoms with Crippen LogP contribution in [0.25, 0.3) is 0 Å². The van der Waals surface area contributed by atoms with Gasteiger partial charge in [0.25, 0.3) is 5.91 Å². The highest BCUT2D eigenvalue weighted by atomic mass is 19.4. The van der Waals surface area contributed by atoms with Gasteiger partial charge in [-0.2, -0.15) is 13.2 Å². The summed E-state index contributed by atoms with van der Waals surface area (Å²) in [5, 5.41) is 2.82. The zero-order valence-corrected chi connectivity index (χ0v) is 17.6. The van der Waals surface area contributed by atoms with Crippen LogP contribution in [0, 0.1) is 0 Å². The third-order valence-corrected chi connectivity index (χ3v) is 4.90. The van der Waals surface area contributed by atoms with Gasteiger partial charge in [-0.1, -0.05) is 24.3 Å². The molecule has 1 amide bonds. The molecule has 31 heavy (non-hydrogen) atoms. The molecule has 1 N–H and O–H groups in total. The van der Waals surface area contributed by atoms with Crippen molar-refractivity contribution in [2.24, 2.45) is 0 Å². The lowest BCUT2D eigenvalue weighted by molar-refractivity contribution is -0.153. The van der Waals surface area contributed by atoms with Gasteiger partial charge in [-0.15, -0.1) is 0 Å². The molecule has 0 aliphatic carbocycles. The van der Waals surface area contributed by atoms with E-state index in [1.165, 1.54) is 29.8 Å². The second kappa shape index (κ2) is 10.2. The Morgan fingerprint density at radius 2 is 1.61 bits per heavy atom. The van der Waals surface area contributed by atoms with Gasteiger partial charge < -0.3 is 14.8 Å². The van der Waals surface area contributed by atoms with Gasteiger partial charge in [0.05, 0.1) is 12.2 Å². The number of nitrogens with one attached hydrogen (secondary N) is 1. The second-order valence-corrected chi connectivity index (χ2v) is 7.88. The number of alkyl halides is 3. The summed E-state index contributed by atoms with van der Waals surface area (Å²) in [4.78, 5) is 14.7. The number of nitrogens with zero attached hydrogens (tertiary/aromatic N) is 1. The fourth-order valence-electron chi connectivity index (χ4n) is 3.59. The Morgan fingerprint density at radius 3 is 2.19 bits per heavy atom. The van der Waals surface area contributed by atoms with E-state index in [0.29, 0.717) is 12.1 Å². The number of morpholine rings is 1. The van der Waals surface area contributed by atoms with Crippen molar-refractivity contribution in [2.75, 3.05) is 19.7 Å². The molecule has 0 spiro atoms. The van der Waals surface area contributed by atoms with E-state index in [0.717, 1.165) is 25.2 Å². The van der Waals surface area contributed by atoms with Gasteiger partial charge >= 0.3 is 6.18 Å². The zero-order valence-electron chi connectivity index (χ0n) is 17.6. The Balaban J connectivity index is 1.47. The number of hydrogen-bond acceptors (Lipinski definition) is 4. The molecule has 2 aromatic rings. The largest absolute Gasteiger partial charge is 0.484 e. The molecule has 5 nitrogen and oxygen atoms in total. The molecule has 8 heteroatoms. The van der Waals surface area contributed by atoms with Crippen molar-refractivity contribution in [3.05, 3.63) is 65.2 Å². The van der Waals surface area contributed by atoms with E-state index in [9.17, 15) is 18.0 Å². The predicted molar refractivity (Wildman–Crippen MR) is 111 cm³/mol. The van der Waals surface area contributed by atoms with Crippen LogP contribution in [-0.2, 0) is 17.8 Å². The molecule has 2 unspecified atom stereocenters. The number of carbonyl (C=O) groups is 1. The van der Waals surface area contributed by atoms with Gasteiger partial charge in [-0.3, -0.25) is 9.69 Å². The summed E-state index contributed by atoms with van der Waals surface area (Å²) in [6.07, 6.45) is -3.95. The van der Waals surface area contributed by atoms with E-state index in [1.807, 2.05) is 12.1 Å². The molecule has 1 aliphatic heterocycles. The van der Waals surface area contributed by atoms with Crippen LogP contribution >= 0.6 is 0 Å². The Hall–Kier alpha value is -2.58. The molecule has 0 aromatic heterocycles. The SMILES string of the molecule is CC1CN(Cc2ccc(CNC(=O)c3ccc(OCC(F)(F)F)cc3)cc2)CC(C)O1. The Labute approximate surface area is 180 Å². The molecule has 1 fully saturated rings. The minimum absolute atomic E-state index is 0.0634. The summed E-state index contributed by atoms with van der Waals surface area (Å²) in [6, 6.07) is 13.7. The van der Waals surface area contributed by atoms with Crippen molar-refractivity contribution >= 4 is 5.91 Å². The van der Waals surface area contributed by atoms with E-state index >= 15 is 0 Å². The molecule has 2 atom stereocenters. The third-order valence-electron chi connectivity index (χ3n) is 4.90. The molecule has 0 bridgehead atoms. The van der Waals surface area contributed by atoms with Crippen molar-refractivity contribution in [3.63, 3.8) is 0 Å². The minimum Gasteiger partial charge on any atom is -0.484 e. The van der Waals surface area contributed by atoms with Gasteiger partial charge in [0.1, 0.15) is 5.75 Å². The molecule has 0 radical (unpaired) electrons. The summed E-state index contributed by atoms with van der Waals surface area (Å²) < 4.78 is 47.0. The molecule has 3 rings (SSSR count). The lowest BCUT2D eigenvalue weighted by Gasteiger charge is -2.35. The van der Waals surface area contributed by atoms with E-state index < -0.39 is 12.8 Å². The summed E-state index contributed by atoms with van der Waals surface area (Å²) in [5.74, 6) is -0.240. The summed E-state index contributed by atoms with van der Waals surface area (Å²) >= 11 is 0. The van der Waals surface area contributed by atoms with Gasteiger partial charge in [-0.25, -0.2) is 0 Å². The van der Waals surface area contributed by atoms with Gasteiger partial charge in [0.15, 0.2) is 6.61 Å². The standard InChI is InChI=1S/C23H27F3N2O3/c1-16-12-28(13-17(2)31-16)14-19-5-3-18(4-6-19)11-27-22(29)20-7-9-21(10-8-20)30-15-23(24,25)26/h3-10,16-17H,11-15H2,1-2H3,(H,27,29). The maximum absolute atomic E-state index is 12.3. The lowest BCUT2D eigenvalue weighted by atomic mass is 10.1. The van der Waals surface area contributed by atoms with Crippen molar-refractivity contribution in [1.82, 2.24) is 10.2 Å². The number of halogens is 3. The Bertz CT molecular complexity index is 844. The maximum atomic E-state index is 12.3. The highest BCUT2D eigenvalue weighted by molar-refractivity contribution is 5.94. The first-order valence-corrected chi connectivity index (χ1v) is 10.2. The van der Waals surface area contributed by atoms with Crippen molar-refractivity contribution in [1.29, 1.82) is 0 Å². The summed E-state index contributed by atoms with van der Waals surface area (Å²) in [6.45, 7) is 5.82. The topological polar surface area (TPSA) is 50.8 Å². The first-order valence-electron chi connectivity index (χ1n) is 10.2. The predicted octanol–water partition coefficient (Wildman–Crippen LogP) is 4.17. The quantitative estimate of drug-likeness (QED) is 0.708. The smallest absolute Gasteiger partial charge is 0.422 e. The number of carbonyl (C=O) groups excluding carboxylic acids is 1. The second-order valence-electron chi connectivity index (χ2n) is 7.88. The van der Waals surface area contributed by atoms with Gasteiger partial charge in [-0.05, 0) is 49.2 Å². The highest BCUT2D eigenvalue weighted by Crippen LogP contribution is 2.19. The van der Waals surface area contributed by atoms with Crippen LogP contribution in [0.15, 0.2) is 48.5 Å². The number of ether oxygens (including phenoxy) is 2. The summed E-state index contributed by atoms with van der Waals surface area (Å²) in [7, 11) is 0. The number of hydrogen-bond donors (Lipinski definition) is 1. The first kappa shape index (κ1) is 23.1. The van der Waals surface area contributed by atoms with Crippen molar-refractivity contribution < 1.29 is 27.4 Å². The van der Waals surface area contributed by atoms with Crippen LogP contribution in [0.1, 0.15) is 35.3 Å². The Morgan fingerprint density at radius 1 is 1.03 bits per heavy atom. The van der Waals surface area contributed by atoms with Crippen molar-refractivity contribution in [3.8, 4) is 5.75 Å². The molecule has 1 saturated heterocycles. The summed E-state index contributed by atoms with van der Waals surface area (Å²) in [5.41, 5.74) is 2.52. The van der Waals surface area contributed by atoms with Gasteiger partial charge in [0, 0.05) is 31.7 Å². The molecular weight excluding hydrogens is 409 g/mol. The highest BCUT2D eigenvalue weighted by Gasteiger charge is 2.28. The average molecular weight is 436 g/mol. The fraction of sp³-hybridized carbons (Fsp3) is 0.435. The van der Waals surface area contributed by atoms with E-state index in [-0.39, 0.29) is 23.9 Å². The van der Waals surface area contributed by atoms with Crippen LogP contribution in [0.3, 0.4) is 0 Å². The molecular formula is C23H27F3N2O3. The first-order chi connectivity index (χ1) is 14.7. The number of rotatable bonds is 7. The monoisotopic (exact) mass is 436 g/mol. The van der Waals surface area contributed by atoms with Crippen LogP contribution in [0.2, 0.25) is 0 Å². The number of amides is 1. The van der Waals surface area contributed by atoms with Crippen LogP contribution in [0.4, 0.5) is 13.2 Å². The zero-order chi connectivity index (χ0) is 22.4. The van der Waals surface area contributed by atoms with Crippen LogP contribution < -0.4 is 10.1 Å². The normalized spacial score (nSPS) is 19.8. The van der Waals surface area contributed by atoms with E-state index in [2.05, 4.69) is 40.9 Å². The van der Waals surface area contributed by atoms with Gasteiger partial charge in [0.2, 0.25) is 0 Å². The minimum atomic E-state index is -4.40. The Kier molecular flexibility index (Phi) is 7.56. The maximum Gasteiger partial charge on any atom is 0.422 e. The lowest BCUT2D eigenvalue weighted by Crippen LogP contribution is -2.44. The van der Waals surface area contributed by atoms with E-state index in [1.54, 1.807) is 0 Å². The van der Waals surface area contributed by atoms with Crippen LogP contribution in [-0.4, -0.2) is 48.9 Å². The average Bonchev–Trinajstić information content (AvgIpc) is 2.70. The fourth-order valence-corrected chi connectivity index (χ4v) is 3.59. The molecule has 1 aliphatic rings. The molecule has 2 aromatic carbocycles. The molecule has 168 valence electrons. The van der Waals surface area contributed by atoms with Crippen LogP contribution in [0.5, 0.6) is 5.75 Å². The van der Waals surface area contributed by atoms with Crippen molar-refractivity contribution in [2.45, 2.75) is 45.3 Å². The number of benzene rings is 2.